The van der Waals surface area contributed by atoms with Crippen LogP contribution in [0.1, 0.15) is 17.3 Å². The summed E-state index contributed by atoms with van der Waals surface area (Å²) in [5.74, 6) is 0.987. The lowest BCUT2D eigenvalue weighted by atomic mass is 9.96. The van der Waals surface area contributed by atoms with Gasteiger partial charge in [0.1, 0.15) is 10.4 Å². The Kier molecular flexibility index (Phi) is 3.36. The Hall–Kier alpha value is -1.65. The number of aromatic nitrogens is 2. The second-order valence-corrected chi connectivity index (χ2v) is 5.37. The molecule has 2 aromatic carbocycles. The van der Waals surface area contributed by atoms with Gasteiger partial charge in [0.25, 0.3) is 0 Å². The molecule has 0 radical (unpaired) electrons. The molecule has 1 heterocycles. The molecule has 1 unspecified atom stereocenters. The molecular formula is C15H14BrN3. The van der Waals surface area contributed by atoms with Crippen LogP contribution in [0.2, 0.25) is 0 Å². The number of rotatable bonds is 3. The summed E-state index contributed by atoms with van der Waals surface area (Å²) in [7, 11) is 0. The van der Waals surface area contributed by atoms with Crippen LogP contribution < -0.4 is 5.73 Å². The molecular weight excluding hydrogens is 302 g/mol. The zero-order valence-corrected chi connectivity index (χ0v) is 11.9. The van der Waals surface area contributed by atoms with E-state index >= 15 is 0 Å². The van der Waals surface area contributed by atoms with Crippen molar-refractivity contribution in [3.8, 4) is 0 Å². The van der Waals surface area contributed by atoms with E-state index in [0.717, 1.165) is 10.4 Å². The van der Waals surface area contributed by atoms with Crippen molar-refractivity contribution in [2.24, 2.45) is 5.73 Å². The van der Waals surface area contributed by atoms with Crippen molar-refractivity contribution in [1.29, 1.82) is 0 Å². The van der Waals surface area contributed by atoms with Crippen LogP contribution in [0.3, 0.4) is 0 Å². The Labute approximate surface area is 120 Å². The molecule has 19 heavy (non-hydrogen) atoms. The number of imidazole rings is 1. The van der Waals surface area contributed by atoms with Crippen LogP contribution in [0.15, 0.2) is 53.3 Å². The normalized spacial score (nSPS) is 12.7. The molecule has 0 saturated carbocycles. The molecule has 3 nitrogen and oxygen atoms in total. The zero-order valence-electron chi connectivity index (χ0n) is 10.3. The van der Waals surface area contributed by atoms with E-state index in [-0.39, 0.29) is 5.92 Å². The number of halogens is 1. The molecule has 0 saturated heterocycles. The van der Waals surface area contributed by atoms with E-state index in [9.17, 15) is 0 Å². The second-order valence-electron chi connectivity index (χ2n) is 4.51. The van der Waals surface area contributed by atoms with Gasteiger partial charge in [0.15, 0.2) is 0 Å². The number of hydrogen-bond acceptors (Lipinski definition) is 2. The van der Waals surface area contributed by atoms with Gasteiger partial charge in [-0.25, -0.2) is 4.98 Å². The van der Waals surface area contributed by atoms with Gasteiger partial charge in [-0.3, -0.25) is 0 Å². The van der Waals surface area contributed by atoms with Gasteiger partial charge in [-0.05, 0) is 32.3 Å². The molecule has 3 rings (SSSR count). The summed E-state index contributed by atoms with van der Waals surface area (Å²) in [5, 5.41) is 2.46. The maximum Gasteiger partial charge on any atom is 0.115 e. The first-order valence-corrected chi connectivity index (χ1v) is 6.96. The van der Waals surface area contributed by atoms with Crippen molar-refractivity contribution < 1.29 is 0 Å². The van der Waals surface area contributed by atoms with Gasteiger partial charge < -0.3 is 10.7 Å². The summed E-state index contributed by atoms with van der Waals surface area (Å²) < 4.78 is 0.877. The molecule has 0 aliphatic heterocycles. The second kappa shape index (κ2) is 5.15. The lowest BCUT2D eigenvalue weighted by Crippen LogP contribution is -2.15. The molecule has 0 aliphatic carbocycles. The molecule has 0 spiro atoms. The number of fused-ring (bicyclic) bond motifs is 1. The minimum Gasteiger partial charge on any atom is -0.336 e. The zero-order chi connectivity index (χ0) is 13.2. The molecule has 3 N–H and O–H groups in total. The number of nitrogens with one attached hydrogen (secondary N) is 1. The summed E-state index contributed by atoms with van der Waals surface area (Å²) in [6.07, 6.45) is 1.76. The van der Waals surface area contributed by atoms with E-state index in [1.807, 2.05) is 12.1 Å². The minimum absolute atomic E-state index is 0.0934. The van der Waals surface area contributed by atoms with Gasteiger partial charge in [-0.1, -0.05) is 42.5 Å². The first-order valence-electron chi connectivity index (χ1n) is 6.17. The molecule has 3 aromatic rings. The minimum atomic E-state index is 0.0934. The molecule has 1 aromatic heterocycles. The standard InChI is InChI=1S/C15H14BrN3/c16-14-9-18-15(19-14)13(8-17)12-6-5-10-3-1-2-4-11(10)7-12/h1-7,9,13H,8,17H2,(H,18,19). The quantitative estimate of drug-likeness (QED) is 0.778. The lowest BCUT2D eigenvalue weighted by Gasteiger charge is -2.13. The summed E-state index contributed by atoms with van der Waals surface area (Å²) in [6, 6.07) is 14.8. The predicted molar refractivity (Wildman–Crippen MR) is 81.1 cm³/mol. The molecule has 0 aliphatic rings. The van der Waals surface area contributed by atoms with E-state index in [1.54, 1.807) is 6.20 Å². The van der Waals surface area contributed by atoms with Gasteiger partial charge in [-0.15, -0.1) is 0 Å². The average Bonchev–Trinajstić information content (AvgIpc) is 2.86. The fourth-order valence-corrected chi connectivity index (χ4v) is 2.63. The van der Waals surface area contributed by atoms with Gasteiger partial charge in [0, 0.05) is 6.54 Å². The molecule has 0 fully saturated rings. The third-order valence-corrected chi connectivity index (χ3v) is 3.71. The number of hydrogen-bond donors (Lipinski definition) is 2. The lowest BCUT2D eigenvalue weighted by molar-refractivity contribution is 0.765. The summed E-state index contributed by atoms with van der Waals surface area (Å²) >= 11 is 3.38. The Bertz CT molecular complexity index is 705. The number of nitrogens with zero attached hydrogens (tertiary/aromatic N) is 1. The monoisotopic (exact) mass is 315 g/mol. The van der Waals surface area contributed by atoms with E-state index in [2.05, 4.69) is 56.2 Å². The van der Waals surface area contributed by atoms with Gasteiger partial charge in [0.2, 0.25) is 0 Å². The highest BCUT2D eigenvalue weighted by Gasteiger charge is 2.15. The van der Waals surface area contributed by atoms with Gasteiger partial charge in [-0.2, -0.15) is 0 Å². The van der Waals surface area contributed by atoms with Crippen molar-refractivity contribution in [2.75, 3.05) is 6.54 Å². The van der Waals surface area contributed by atoms with Crippen molar-refractivity contribution >= 4 is 26.7 Å². The average molecular weight is 316 g/mol. The van der Waals surface area contributed by atoms with Crippen LogP contribution in [0.25, 0.3) is 10.8 Å². The van der Waals surface area contributed by atoms with E-state index < -0.39 is 0 Å². The molecule has 0 bridgehead atoms. The molecule has 4 heteroatoms. The maximum atomic E-state index is 5.91. The van der Waals surface area contributed by atoms with Crippen LogP contribution in [-0.2, 0) is 0 Å². The summed E-state index contributed by atoms with van der Waals surface area (Å²) in [4.78, 5) is 7.56. The Morgan fingerprint density at radius 3 is 2.63 bits per heavy atom. The van der Waals surface area contributed by atoms with Crippen molar-refractivity contribution in [2.45, 2.75) is 5.92 Å². The van der Waals surface area contributed by atoms with E-state index in [4.69, 9.17) is 5.73 Å². The van der Waals surface area contributed by atoms with Crippen LogP contribution in [0.4, 0.5) is 0 Å². The third-order valence-electron chi connectivity index (χ3n) is 3.31. The van der Waals surface area contributed by atoms with E-state index in [1.165, 1.54) is 16.3 Å². The van der Waals surface area contributed by atoms with Crippen molar-refractivity contribution in [1.82, 2.24) is 9.97 Å². The van der Waals surface area contributed by atoms with Crippen LogP contribution in [0, 0.1) is 0 Å². The summed E-state index contributed by atoms with van der Waals surface area (Å²) in [6.45, 7) is 0.526. The highest BCUT2D eigenvalue weighted by Crippen LogP contribution is 2.25. The maximum absolute atomic E-state index is 5.91. The van der Waals surface area contributed by atoms with Crippen LogP contribution in [-0.4, -0.2) is 16.5 Å². The van der Waals surface area contributed by atoms with Gasteiger partial charge in [0.05, 0.1) is 12.1 Å². The van der Waals surface area contributed by atoms with Crippen LogP contribution >= 0.6 is 15.9 Å². The van der Waals surface area contributed by atoms with E-state index in [0.29, 0.717) is 6.54 Å². The smallest absolute Gasteiger partial charge is 0.115 e. The fourth-order valence-electron chi connectivity index (χ4n) is 2.32. The predicted octanol–water partition coefficient (Wildman–Crippen LogP) is 3.42. The number of nitrogens with two attached hydrogens (primary N) is 1. The Morgan fingerprint density at radius 1 is 1.16 bits per heavy atom. The topological polar surface area (TPSA) is 54.7 Å². The van der Waals surface area contributed by atoms with Gasteiger partial charge >= 0.3 is 0 Å². The first-order chi connectivity index (χ1) is 9.28. The fraction of sp³-hybridized carbons (Fsp3) is 0.133. The van der Waals surface area contributed by atoms with Crippen LogP contribution in [0.5, 0.6) is 0 Å². The highest BCUT2D eigenvalue weighted by molar-refractivity contribution is 9.10. The summed E-state index contributed by atoms with van der Waals surface area (Å²) in [5.41, 5.74) is 7.10. The van der Waals surface area contributed by atoms with Crippen molar-refractivity contribution in [3.63, 3.8) is 0 Å². The Morgan fingerprint density at radius 2 is 1.95 bits per heavy atom. The Balaban J connectivity index is 2.06. The largest absolute Gasteiger partial charge is 0.336 e. The number of aromatic amines is 1. The number of H-pyrrole nitrogens is 1. The van der Waals surface area contributed by atoms with Crippen molar-refractivity contribution in [3.05, 3.63) is 64.7 Å². The SMILES string of the molecule is NCC(c1ccc2ccccc2c1)c1ncc(Br)[nH]1. The molecule has 96 valence electrons. The number of benzene rings is 2. The molecule has 0 amide bonds. The first kappa shape index (κ1) is 12.4. The molecule has 1 atom stereocenters. The third kappa shape index (κ3) is 2.41. The highest BCUT2D eigenvalue weighted by atomic mass is 79.9.